The molecule has 0 aliphatic rings. The summed E-state index contributed by atoms with van der Waals surface area (Å²) in [4.78, 5) is 24.1. The Kier molecular flexibility index (Phi) is 5.94. The minimum atomic E-state index is -0.694. The maximum absolute atomic E-state index is 12.4. The number of rotatable bonds is 5. The van der Waals surface area contributed by atoms with Gasteiger partial charge in [-0.1, -0.05) is 23.2 Å². The van der Waals surface area contributed by atoms with Crippen LogP contribution in [0, 0.1) is 21.4 Å². The van der Waals surface area contributed by atoms with Gasteiger partial charge in [0.25, 0.3) is 11.6 Å². The summed E-state index contributed by atoms with van der Waals surface area (Å²) in [6, 6.07) is 4.19. The number of nitro benzene ring substituents is 1. The standard InChI is InChI=1S/C13H13Cl2N3O3/c1-8(2)17(5-3-4-16)13(19)9-6-10(14)12(15)11(7-9)18(20)21/h6-8H,3,5H2,1-2H3. The van der Waals surface area contributed by atoms with E-state index in [9.17, 15) is 14.9 Å². The normalized spacial score (nSPS) is 10.3. The highest BCUT2D eigenvalue weighted by molar-refractivity contribution is 6.43. The van der Waals surface area contributed by atoms with Crippen LogP contribution in [0.5, 0.6) is 0 Å². The van der Waals surface area contributed by atoms with Crippen LogP contribution in [0.15, 0.2) is 12.1 Å². The van der Waals surface area contributed by atoms with E-state index in [2.05, 4.69) is 0 Å². The van der Waals surface area contributed by atoms with Crippen LogP contribution in [0.25, 0.3) is 0 Å². The summed E-state index contributed by atoms with van der Waals surface area (Å²) in [7, 11) is 0. The van der Waals surface area contributed by atoms with E-state index in [4.69, 9.17) is 28.5 Å². The molecular formula is C13H13Cl2N3O3. The molecule has 0 N–H and O–H groups in total. The highest BCUT2D eigenvalue weighted by Crippen LogP contribution is 2.33. The zero-order valence-electron chi connectivity index (χ0n) is 11.5. The summed E-state index contributed by atoms with van der Waals surface area (Å²) >= 11 is 11.6. The van der Waals surface area contributed by atoms with Gasteiger partial charge < -0.3 is 4.90 Å². The molecule has 21 heavy (non-hydrogen) atoms. The predicted octanol–water partition coefficient (Wildman–Crippen LogP) is 3.67. The van der Waals surface area contributed by atoms with Crippen molar-refractivity contribution in [2.45, 2.75) is 26.3 Å². The van der Waals surface area contributed by atoms with E-state index in [-0.39, 0.29) is 34.6 Å². The minimum Gasteiger partial charge on any atom is -0.335 e. The number of nitrogens with zero attached hydrogens (tertiary/aromatic N) is 3. The monoisotopic (exact) mass is 329 g/mol. The molecule has 112 valence electrons. The Morgan fingerprint density at radius 2 is 2.10 bits per heavy atom. The third kappa shape index (κ3) is 4.06. The summed E-state index contributed by atoms with van der Waals surface area (Å²) in [5.41, 5.74) is -0.348. The molecule has 0 aliphatic carbocycles. The molecule has 0 saturated carbocycles. The lowest BCUT2D eigenvalue weighted by molar-refractivity contribution is -0.384. The Labute approximate surface area is 132 Å². The molecule has 0 saturated heterocycles. The van der Waals surface area contributed by atoms with Crippen LogP contribution in [0.1, 0.15) is 30.6 Å². The number of nitriles is 1. The van der Waals surface area contributed by atoms with E-state index in [0.29, 0.717) is 0 Å². The smallest absolute Gasteiger partial charge is 0.290 e. The highest BCUT2D eigenvalue weighted by Gasteiger charge is 2.24. The Morgan fingerprint density at radius 3 is 2.57 bits per heavy atom. The lowest BCUT2D eigenvalue weighted by Gasteiger charge is -2.26. The first-order chi connectivity index (χ1) is 9.79. The van der Waals surface area contributed by atoms with Crippen LogP contribution in [0.3, 0.4) is 0 Å². The zero-order valence-corrected chi connectivity index (χ0v) is 13.0. The molecule has 0 spiro atoms. The van der Waals surface area contributed by atoms with E-state index in [1.807, 2.05) is 6.07 Å². The number of hydrogen-bond donors (Lipinski definition) is 0. The molecule has 0 heterocycles. The van der Waals surface area contributed by atoms with Crippen molar-refractivity contribution in [3.8, 4) is 6.07 Å². The van der Waals surface area contributed by atoms with Crippen molar-refractivity contribution in [1.82, 2.24) is 4.90 Å². The van der Waals surface area contributed by atoms with Gasteiger partial charge in [-0.05, 0) is 19.9 Å². The fourth-order valence-corrected chi connectivity index (χ4v) is 2.15. The number of hydrogen-bond acceptors (Lipinski definition) is 4. The van der Waals surface area contributed by atoms with Crippen molar-refractivity contribution >= 4 is 34.8 Å². The van der Waals surface area contributed by atoms with Crippen LogP contribution in [-0.4, -0.2) is 28.3 Å². The Hall–Kier alpha value is -1.84. The second-order valence-electron chi connectivity index (χ2n) is 4.55. The first-order valence-electron chi connectivity index (χ1n) is 6.11. The molecule has 8 heteroatoms. The molecule has 0 atom stereocenters. The quantitative estimate of drug-likeness (QED) is 0.609. The zero-order chi connectivity index (χ0) is 16.2. The Bertz CT molecular complexity index is 611. The predicted molar refractivity (Wildman–Crippen MR) is 79.5 cm³/mol. The summed E-state index contributed by atoms with van der Waals surface area (Å²) in [6.45, 7) is 3.82. The number of carbonyl (C=O) groups excluding carboxylic acids is 1. The molecule has 0 aliphatic heterocycles. The van der Waals surface area contributed by atoms with Crippen LogP contribution in [0.4, 0.5) is 5.69 Å². The lowest BCUT2D eigenvalue weighted by Crippen LogP contribution is -2.37. The molecule has 1 aromatic carbocycles. The first kappa shape index (κ1) is 17.2. The van der Waals surface area contributed by atoms with Gasteiger partial charge in [-0.25, -0.2) is 0 Å². The number of benzene rings is 1. The molecule has 1 amide bonds. The average molecular weight is 330 g/mol. The van der Waals surface area contributed by atoms with E-state index >= 15 is 0 Å². The van der Waals surface area contributed by atoms with Crippen molar-refractivity contribution in [2.75, 3.05) is 6.54 Å². The SMILES string of the molecule is CC(C)N(CCC#N)C(=O)c1cc(Cl)c(Cl)c([N+](=O)[O-])c1. The van der Waals surface area contributed by atoms with Crippen molar-refractivity contribution in [3.05, 3.63) is 37.9 Å². The highest BCUT2D eigenvalue weighted by atomic mass is 35.5. The largest absolute Gasteiger partial charge is 0.335 e. The molecule has 0 fully saturated rings. The van der Waals surface area contributed by atoms with E-state index < -0.39 is 16.5 Å². The van der Waals surface area contributed by atoms with Gasteiger partial charge in [-0.3, -0.25) is 14.9 Å². The van der Waals surface area contributed by atoms with Gasteiger partial charge in [-0.2, -0.15) is 5.26 Å². The van der Waals surface area contributed by atoms with Gasteiger partial charge >= 0.3 is 0 Å². The molecular weight excluding hydrogens is 317 g/mol. The van der Waals surface area contributed by atoms with E-state index in [1.165, 1.54) is 11.0 Å². The summed E-state index contributed by atoms with van der Waals surface area (Å²) < 4.78 is 0. The molecule has 1 aromatic rings. The molecule has 0 aromatic heterocycles. The van der Waals surface area contributed by atoms with Gasteiger partial charge in [0.2, 0.25) is 0 Å². The van der Waals surface area contributed by atoms with Crippen molar-refractivity contribution < 1.29 is 9.72 Å². The van der Waals surface area contributed by atoms with Gasteiger partial charge in [0, 0.05) is 24.2 Å². The maximum atomic E-state index is 12.4. The van der Waals surface area contributed by atoms with E-state index in [0.717, 1.165) is 6.07 Å². The van der Waals surface area contributed by atoms with Gasteiger partial charge in [0.1, 0.15) is 5.02 Å². The first-order valence-corrected chi connectivity index (χ1v) is 6.86. The van der Waals surface area contributed by atoms with Crippen molar-refractivity contribution in [1.29, 1.82) is 5.26 Å². The summed E-state index contributed by atoms with van der Waals surface area (Å²) in [6.07, 6.45) is 0.174. The van der Waals surface area contributed by atoms with Crippen LogP contribution in [0.2, 0.25) is 10.0 Å². The van der Waals surface area contributed by atoms with Crippen molar-refractivity contribution in [3.63, 3.8) is 0 Å². The number of carbonyl (C=O) groups is 1. The third-order valence-corrected chi connectivity index (χ3v) is 3.59. The fourth-order valence-electron chi connectivity index (χ4n) is 1.76. The Morgan fingerprint density at radius 1 is 1.48 bits per heavy atom. The summed E-state index contributed by atoms with van der Waals surface area (Å²) in [5, 5.41) is 19.3. The number of amides is 1. The van der Waals surface area contributed by atoms with E-state index in [1.54, 1.807) is 13.8 Å². The molecule has 6 nitrogen and oxygen atoms in total. The van der Waals surface area contributed by atoms with Crippen molar-refractivity contribution in [2.24, 2.45) is 0 Å². The Balaban J connectivity index is 3.22. The second kappa shape index (κ2) is 7.25. The van der Waals surface area contributed by atoms with Gasteiger partial charge in [-0.15, -0.1) is 0 Å². The molecule has 0 bridgehead atoms. The molecule has 0 unspecified atom stereocenters. The minimum absolute atomic E-state index is 0.0572. The molecule has 0 radical (unpaired) electrons. The summed E-state index contributed by atoms with van der Waals surface area (Å²) in [5.74, 6) is -0.429. The van der Waals surface area contributed by atoms with Crippen LogP contribution >= 0.6 is 23.2 Å². The van der Waals surface area contributed by atoms with Crippen LogP contribution in [-0.2, 0) is 0 Å². The lowest BCUT2D eigenvalue weighted by atomic mass is 10.1. The fraction of sp³-hybridized carbons (Fsp3) is 0.385. The maximum Gasteiger partial charge on any atom is 0.290 e. The average Bonchev–Trinajstić information content (AvgIpc) is 2.41. The topological polar surface area (TPSA) is 87.2 Å². The van der Waals surface area contributed by atoms with Gasteiger partial charge in [0.15, 0.2) is 0 Å². The molecule has 1 rings (SSSR count). The third-order valence-electron chi connectivity index (χ3n) is 2.80. The number of nitro groups is 1. The van der Waals surface area contributed by atoms with Gasteiger partial charge in [0.05, 0.1) is 22.4 Å². The van der Waals surface area contributed by atoms with Crippen LogP contribution < -0.4 is 0 Å². The second-order valence-corrected chi connectivity index (χ2v) is 5.33. The number of halogens is 2.